The van der Waals surface area contributed by atoms with E-state index < -0.39 is 17.9 Å². The van der Waals surface area contributed by atoms with Crippen LogP contribution in [0, 0.1) is 17.3 Å². The highest BCUT2D eigenvalue weighted by Gasteiger charge is 2.52. The number of rotatable bonds is 4. The van der Waals surface area contributed by atoms with Gasteiger partial charge in [-0.25, -0.2) is 0 Å². The number of carbonyl (C=O) groups is 2. The standard InChI is InChI=1S/C14H25NO4/c1-13(2)10(6-7-15(5)14(13,3)4)9(12(18)19)8-11(16)17/h9-10H,6-8H2,1-5H3,(H,16,17)(H,18,19). The van der Waals surface area contributed by atoms with E-state index in [2.05, 4.69) is 18.7 Å². The Hall–Kier alpha value is -1.10. The highest BCUT2D eigenvalue weighted by atomic mass is 16.4. The van der Waals surface area contributed by atoms with Crippen molar-refractivity contribution in [2.75, 3.05) is 13.6 Å². The predicted molar refractivity (Wildman–Crippen MR) is 72.0 cm³/mol. The van der Waals surface area contributed by atoms with Gasteiger partial charge < -0.3 is 15.1 Å². The molecule has 0 aliphatic carbocycles. The Morgan fingerprint density at radius 2 is 1.79 bits per heavy atom. The summed E-state index contributed by atoms with van der Waals surface area (Å²) in [5.74, 6) is -2.99. The van der Waals surface area contributed by atoms with Crippen LogP contribution < -0.4 is 0 Å². The fourth-order valence-corrected chi connectivity index (χ4v) is 3.21. The molecule has 1 fully saturated rings. The number of likely N-dealkylation sites (tertiary alicyclic amines) is 1. The van der Waals surface area contributed by atoms with E-state index in [4.69, 9.17) is 5.11 Å². The lowest BCUT2D eigenvalue weighted by atomic mass is 9.57. The van der Waals surface area contributed by atoms with Crippen molar-refractivity contribution in [1.29, 1.82) is 0 Å². The van der Waals surface area contributed by atoms with Gasteiger partial charge in [0.25, 0.3) is 0 Å². The average Bonchev–Trinajstić information content (AvgIpc) is 2.24. The van der Waals surface area contributed by atoms with Gasteiger partial charge in [-0.1, -0.05) is 13.8 Å². The number of aliphatic carboxylic acids is 2. The smallest absolute Gasteiger partial charge is 0.307 e. The molecule has 5 nitrogen and oxygen atoms in total. The summed E-state index contributed by atoms with van der Waals surface area (Å²) >= 11 is 0. The van der Waals surface area contributed by atoms with Crippen LogP contribution in [0.15, 0.2) is 0 Å². The molecule has 19 heavy (non-hydrogen) atoms. The molecule has 2 atom stereocenters. The van der Waals surface area contributed by atoms with Crippen LogP contribution in [0.2, 0.25) is 0 Å². The third-order valence-corrected chi connectivity index (χ3v) is 5.43. The van der Waals surface area contributed by atoms with E-state index in [9.17, 15) is 14.7 Å². The molecular weight excluding hydrogens is 246 g/mol. The van der Waals surface area contributed by atoms with Crippen LogP contribution in [0.3, 0.4) is 0 Å². The first-order valence-corrected chi connectivity index (χ1v) is 6.67. The van der Waals surface area contributed by atoms with Crippen LogP contribution in [0.4, 0.5) is 0 Å². The van der Waals surface area contributed by atoms with E-state index in [1.54, 1.807) is 0 Å². The fourth-order valence-electron chi connectivity index (χ4n) is 3.21. The summed E-state index contributed by atoms with van der Waals surface area (Å²) in [6.07, 6.45) is 0.417. The molecule has 1 heterocycles. The largest absolute Gasteiger partial charge is 0.481 e. The molecule has 0 aromatic heterocycles. The van der Waals surface area contributed by atoms with Crippen molar-refractivity contribution in [3.63, 3.8) is 0 Å². The summed E-state index contributed by atoms with van der Waals surface area (Å²) < 4.78 is 0. The second-order valence-corrected chi connectivity index (χ2v) is 6.64. The molecule has 1 saturated heterocycles. The molecule has 1 aliphatic heterocycles. The summed E-state index contributed by atoms with van der Waals surface area (Å²) in [6.45, 7) is 9.08. The van der Waals surface area contributed by atoms with Crippen molar-refractivity contribution in [3.05, 3.63) is 0 Å². The number of hydrogen-bond donors (Lipinski definition) is 2. The van der Waals surface area contributed by atoms with Crippen molar-refractivity contribution < 1.29 is 19.8 Å². The first-order chi connectivity index (χ1) is 8.51. The van der Waals surface area contributed by atoms with E-state index in [0.717, 1.165) is 13.0 Å². The zero-order valence-electron chi connectivity index (χ0n) is 12.4. The van der Waals surface area contributed by atoms with Crippen LogP contribution >= 0.6 is 0 Å². The summed E-state index contributed by atoms with van der Waals surface area (Å²) in [6, 6.07) is 0. The number of hydrogen-bond acceptors (Lipinski definition) is 3. The third kappa shape index (κ3) is 2.76. The van der Waals surface area contributed by atoms with Crippen LogP contribution in [0.5, 0.6) is 0 Å². The molecule has 0 aromatic carbocycles. The van der Waals surface area contributed by atoms with E-state index in [1.165, 1.54) is 0 Å². The summed E-state index contributed by atoms with van der Waals surface area (Å²) in [5.41, 5.74) is -0.430. The predicted octanol–water partition coefficient (Wildman–Crippen LogP) is 1.92. The lowest BCUT2D eigenvalue weighted by molar-refractivity contribution is -0.158. The van der Waals surface area contributed by atoms with Gasteiger partial charge in [-0.3, -0.25) is 9.59 Å². The van der Waals surface area contributed by atoms with Gasteiger partial charge in [0, 0.05) is 5.54 Å². The normalized spacial score (nSPS) is 27.7. The molecule has 2 N–H and O–H groups in total. The van der Waals surface area contributed by atoms with Crippen LogP contribution in [0.25, 0.3) is 0 Å². The van der Waals surface area contributed by atoms with Gasteiger partial charge in [-0.05, 0) is 45.2 Å². The van der Waals surface area contributed by atoms with Crippen molar-refractivity contribution in [2.24, 2.45) is 17.3 Å². The zero-order chi connectivity index (χ0) is 15.0. The Balaban J connectivity index is 3.10. The molecule has 0 amide bonds. The highest BCUT2D eigenvalue weighted by molar-refractivity contribution is 5.78. The van der Waals surface area contributed by atoms with Gasteiger partial charge in [0.1, 0.15) is 0 Å². The third-order valence-electron chi connectivity index (χ3n) is 5.43. The van der Waals surface area contributed by atoms with E-state index in [1.807, 2.05) is 20.9 Å². The molecule has 0 saturated carbocycles. The SMILES string of the molecule is CN1CCC(C(CC(=O)O)C(=O)O)C(C)(C)C1(C)C. The molecular formula is C14H25NO4. The zero-order valence-corrected chi connectivity index (χ0v) is 12.4. The first-order valence-electron chi connectivity index (χ1n) is 6.67. The Labute approximate surface area is 114 Å². The number of carboxylic acids is 2. The second-order valence-electron chi connectivity index (χ2n) is 6.64. The Kier molecular flexibility index (Phi) is 4.30. The maximum atomic E-state index is 11.4. The van der Waals surface area contributed by atoms with Crippen LogP contribution in [-0.2, 0) is 9.59 Å². The average molecular weight is 271 g/mol. The van der Waals surface area contributed by atoms with Gasteiger partial charge in [0.05, 0.1) is 12.3 Å². The van der Waals surface area contributed by atoms with Gasteiger partial charge in [-0.15, -0.1) is 0 Å². The summed E-state index contributed by atoms with van der Waals surface area (Å²) in [4.78, 5) is 24.6. The van der Waals surface area contributed by atoms with Crippen LogP contribution in [0.1, 0.15) is 40.5 Å². The lowest BCUT2D eigenvalue weighted by Gasteiger charge is -2.57. The Bertz CT molecular complexity index is 376. The van der Waals surface area contributed by atoms with Gasteiger partial charge in [0.15, 0.2) is 0 Å². The van der Waals surface area contributed by atoms with Crippen molar-refractivity contribution in [1.82, 2.24) is 4.90 Å². The van der Waals surface area contributed by atoms with E-state index in [-0.39, 0.29) is 23.3 Å². The summed E-state index contributed by atoms with van der Waals surface area (Å²) in [5, 5.41) is 18.3. The van der Waals surface area contributed by atoms with Crippen molar-refractivity contribution in [3.8, 4) is 0 Å². The molecule has 0 bridgehead atoms. The molecule has 0 aromatic rings. The molecule has 1 aliphatic rings. The van der Waals surface area contributed by atoms with Crippen LogP contribution in [-0.4, -0.2) is 46.2 Å². The number of piperidine rings is 1. The van der Waals surface area contributed by atoms with Gasteiger partial charge >= 0.3 is 11.9 Å². The van der Waals surface area contributed by atoms with Gasteiger partial charge in [0.2, 0.25) is 0 Å². The first kappa shape index (κ1) is 16.0. The van der Waals surface area contributed by atoms with E-state index in [0.29, 0.717) is 0 Å². The van der Waals surface area contributed by atoms with Crippen molar-refractivity contribution >= 4 is 11.9 Å². The Morgan fingerprint density at radius 1 is 1.26 bits per heavy atom. The highest BCUT2D eigenvalue weighted by Crippen LogP contribution is 2.50. The molecule has 5 heteroatoms. The lowest BCUT2D eigenvalue weighted by Crippen LogP contribution is -2.61. The molecule has 0 radical (unpaired) electrons. The number of nitrogens with zero attached hydrogens (tertiary/aromatic N) is 1. The molecule has 0 spiro atoms. The maximum Gasteiger partial charge on any atom is 0.307 e. The summed E-state index contributed by atoms with van der Waals surface area (Å²) in [7, 11) is 2.03. The second kappa shape index (κ2) is 5.12. The van der Waals surface area contributed by atoms with Gasteiger partial charge in [-0.2, -0.15) is 0 Å². The van der Waals surface area contributed by atoms with Crippen molar-refractivity contribution in [2.45, 2.75) is 46.1 Å². The minimum atomic E-state index is -1.04. The Morgan fingerprint density at radius 3 is 2.21 bits per heavy atom. The quantitative estimate of drug-likeness (QED) is 0.816. The fraction of sp³-hybridized carbons (Fsp3) is 0.857. The topological polar surface area (TPSA) is 77.8 Å². The molecule has 1 rings (SSSR count). The minimum absolute atomic E-state index is 0.132. The van der Waals surface area contributed by atoms with E-state index >= 15 is 0 Å². The molecule has 2 unspecified atom stereocenters. The maximum absolute atomic E-state index is 11.4. The number of carboxylic acid groups (broad SMARTS) is 2. The minimum Gasteiger partial charge on any atom is -0.481 e. The monoisotopic (exact) mass is 271 g/mol. The molecule has 110 valence electrons.